The first kappa shape index (κ1) is 11.5. The van der Waals surface area contributed by atoms with Gasteiger partial charge in [0.2, 0.25) is 0 Å². The lowest BCUT2D eigenvalue weighted by atomic mass is 10.2. The Kier molecular flexibility index (Phi) is 2.94. The summed E-state index contributed by atoms with van der Waals surface area (Å²) in [6.45, 7) is 2.07. The average Bonchev–Trinajstić information content (AvgIpc) is 2.70. The van der Waals surface area contributed by atoms with Crippen molar-refractivity contribution in [2.24, 2.45) is 0 Å². The maximum atomic E-state index is 5.97. The van der Waals surface area contributed by atoms with Crippen molar-refractivity contribution in [3.63, 3.8) is 0 Å². The van der Waals surface area contributed by atoms with Crippen LogP contribution in [0.5, 0.6) is 0 Å². The number of hydrogen-bond donors (Lipinski definition) is 1. The zero-order valence-corrected chi connectivity index (χ0v) is 11.3. The fourth-order valence-corrected chi connectivity index (χ4v) is 2.96. The van der Waals surface area contributed by atoms with Crippen molar-refractivity contribution >= 4 is 44.0 Å². The summed E-state index contributed by atoms with van der Waals surface area (Å²) in [6.07, 6.45) is 0. The summed E-state index contributed by atoms with van der Waals surface area (Å²) in [6, 6.07) is 14.0. The zero-order valence-electron chi connectivity index (χ0n) is 9.77. The SMILES string of the molecule is Cc1cccc(Nc2nc3ccc(Cl)cc3s2)c1. The van der Waals surface area contributed by atoms with Gasteiger partial charge in [-0.25, -0.2) is 4.98 Å². The second kappa shape index (κ2) is 4.59. The van der Waals surface area contributed by atoms with E-state index in [1.807, 2.05) is 30.3 Å². The first-order valence-corrected chi connectivity index (χ1v) is 6.80. The number of aryl methyl sites for hydroxylation is 1. The molecule has 90 valence electrons. The molecule has 0 saturated carbocycles. The number of thiazole rings is 1. The second-order valence-electron chi connectivity index (χ2n) is 4.13. The van der Waals surface area contributed by atoms with Gasteiger partial charge in [0.1, 0.15) is 0 Å². The highest BCUT2D eigenvalue weighted by molar-refractivity contribution is 7.22. The third-order valence-electron chi connectivity index (χ3n) is 2.62. The van der Waals surface area contributed by atoms with Crippen molar-refractivity contribution in [2.45, 2.75) is 6.92 Å². The van der Waals surface area contributed by atoms with Gasteiger partial charge < -0.3 is 5.32 Å². The van der Waals surface area contributed by atoms with E-state index in [0.29, 0.717) is 0 Å². The van der Waals surface area contributed by atoms with Gasteiger partial charge in [0.25, 0.3) is 0 Å². The Balaban J connectivity index is 1.95. The highest BCUT2D eigenvalue weighted by Crippen LogP contribution is 2.30. The third-order valence-corrected chi connectivity index (χ3v) is 3.79. The third kappa shape index (κ3) is 2.33. The molecule has 0 aliphatic heterocycles. The van der Waals surface area contributed by atoms with E-state index >= 15 is 0 Å². The molecule has 0 unspecified atom stereocenters. The van der Waals surface area contributed by atoms with E-state index < -0.39 is 0 Å². The van der Waals surface area contributed by atoms with Gasteiger partial charge in [0.05, 0.1) is 10.2 Å². The molecule has 0 fully saturated rings. The second-order valence-corrected chi connectivity index (χ2v) is 5.59. The van der Waals surface area contributed by atoms with Gasteiger partial charge >= 0.3 is 0 Å². The number of anilines is 2. The predicted octanol–water partition coefficient (Wildman–Crippen LogP) is 5.00. The summed E-state index contributed by atoms with van der Waals surface area (Å²) < 4.78 is 1.10. The van der Waals surface area contributed by atoms with Crippen molar-refractivity contribution in [3.8, 4) is 0 Å². The fraction of sp³-hybridized carbons (Fsp3) is 0.0714. The first-order valence-electron chi connectivity index (χ1n) is 5.60. The molecule has 2 nitrogen and oxygen atoms in total. The number of nitrogens with zero attached hydrogens (tertiary/aromatic N) is 1. The van der Waals surface area contributed by atoms with Crippen LogP contribution in [0.4, 0.5) is 10.8 Å². The highest BCUT2D eigenvalue weighted by Gasteiger charge is 2.04. The van der Waals surface area contributed by atoms with Crippen molar-refractivity contribution in [1.29, 1.82) is 0 Å². The van der Waals surface area contributed by atoms with Gasteiger partial charge in [-0.3, -0.25) is 0 Å². The standard InChI is InChI=1S/C14H11ClN2S/c1-9-3-2-4-11(7-9)16-14-17-12-6-5-10(15)8-13(12)18-14/h2-8H,1H3,(H,16,17). The number of hydrogen-bond acceptors (Lipinski definition) is 3. The number of benzene rings is 2. The van der Waals surface area contributed by atoms with Gasteiger partial charge in [-0.15, -0.1) is 0 Å². The van der Waals surface area contributed by atoms with Crippen LogP contribution < -0.4 is 5.32 Å². The predicted molar refractivity (Wildman–Crippen MR) is 79.1 cm³/mol. The Morgan fingerprint density at radius 2 is 2.06 bits per heavy atom. The minimum absolute atomic E-state index is 0.744. The summed E-state index contributed by atoms with van der Waals surface area (Å²) in [5, 5.41) is 4.95. The molecule has 1 aromatic heterocycles. The number of halogens is 1. The summed E-state index contributed by atoms with van der Waals surface area (Å²) >= 11 is 7.57. The van der Waals surface area contributed by atoms with Crippen molar-refractivity contribution in [3.05, 3.63) is 53.1 Å². The Morgan fingerprint density at radius 1 is 1.17 bits per heavy atom. The van der Waals surface area contributed by atoms with Crippen LogP contribution in [0.25, 0.3) is 10.2 Å². The minimum atomic E-state index is 0.744. The maximum absolute atomic E-state index is 5.97. The quantitative estimate of drug-likeness (QED) is 0.711. The van der Waals surface area contributed by atoms with Gasteiger partial charge in [-0.1, -0.05) is 35.1 Å². The molecule has 1 heterocycles. The van der Waals surface area contributed by atoms with Crippen molar-refractivity contribution in [1.82, 2.24) is 4.98 Å². The Hall–Kier alpha value is -1.58. The smallest absolute Gasteiger partial charge is 0.188 e. The number of rotatable bonds is 2. The van der Waals surface area contributed by atoms with Gasteiger partial charge in [-0.05, 0) is 42.8 Å². The van der Waals surface area contributed by atoms with Crippen LogP contribution in [-0.2, 0) is 0 Å². The zero-order chi connectivity index (χ0) is 12.5. The summed E-state index contributed by atoms with van der Waals surface area (Å²) in [4.78, 5) is 4.53. The summed E-state index contributed by atoms with van der Waals surface area (Å²) in [5.74, 6) is 0. The molecule has 0 bridgehead atoms. The van der Waals surface area contributed by atoms with E-state index in [-0.39, 0.29) is 0 Å². The molecule has 0 aliphatic carbocycles. The molecule has 3 aromatic rings. The number of aromatic nitrogens is 1. The number of fused-ring (bicyclic) bond motifs is 1. The van der Waals surface area contributed by atoms with Crippen molar-refractivity contribution in [2.75, 3.05) is 5.32 Å². The van der Waals surface area contributed by atoms with Gasteiger partial charge in [0, 0.05) is 10.7 Å². The molecular formula is C14H11ClN2S. The van der Waals surface area contributed by atoms with Crippen LogP contribution >= 0.6 is 22.9 Å². The van der Waals surface area contributed by atoms with Crippen LogP contribution in [0.2, 0.25) is 5.02 Å². The van der Waals surface area contributed by atoms with Crippen LogP contribution in [0.3, 0.4) is 0 Å². The van der Waals surface area contributed by atoms with E-state index in [1.165, 1.54) is 5.56 Å². The van der Waals surface area contributed by atoms with Gasteiger partial charge in [0.15, 0.2) is 5.13 Å². The Labute approximate surface area is 114 Å². The summed E-state index contributed by atoms with van der Waals surface area (Å²) in [5.41, 5.74) is 3.25. The molecule has 1 N–H and O–H groups in total. The molecule has 0 saturated heterocycles. The van der Waals surface area contributed by atoms with E-state index in [0.717, 1.165) is 26.1 Å². The molecular weight excluding hydrogens is 264 g/mol. The fourth-order valence-electron chi connectivity index (χ4n) is 1.80. The van der Waals surface area contributed by atoms with Crippen LogP contribution in [0, 0.1) is 6.92 Å². The van der Waals surface area contributed by atoms with E-state index in [2.05, 4.69) is 29.4 Å². The average molecular weight is 275 g/mol. The van der Waals surface area contributed by atoms with Crippen LogP contribution in [0.15, 0.2) is 42.5 Å². The lowest BCUT2D eigenvalue weighted by molar-refractivity contribution is 1.41. The van der Waals surface area contributed by atoms with Crippen LogP contribution in [0.1, 0.15) is 5.56 Å². The monoisotopic (exact) mass is 274 g/mol. The lowest BCUT2D eigenvalue weighted by Gasteiger charge is -2.02. The first-order chi connectivity index (χ1) is 8.70. The Bertz CT molecular complexity index is 706. The van der Waals surface area contributed by atoms with Crippen molar-refractivity contribution < 1.29 is 0 Å². The highest BCUT2D eigenvalue weighted by atomic mass is 35.5. The molecule has 0 atom stereocenters. The molecule has 0 amide bonds. The van der Waals surface area contributed by atoms with Gasteiger partial charge in [-0.2, -0.15) is 0 Å². The molecule has 0 spiro atoms. The molecule has 3 rings (SSSR count). The van der Waals surface area contributed by atoms with E-state index in [1.54, 1.807) is 11.3 Å². The largest absolute Gasteiger partial charge is 0.332 e. The minimum Gasteiger partial charge on any atom is -0.332 e. The maximum Gasteiger partial charge on any atom is 0.188 e. The molecule has 2 aromatic carbocycles. The van der Waals surface area contributed by atoms with E-state index in [4.69, 9.17) is 11.6 Å². The number of nitrogens with one attached hydrogen (secondary N) is 1. The Morgan fingerprint density at radius 3 is 2.89 bits per heavy atom. The molecule has 18 heavy (non-hydrogen) atoms. The molecule has 4 heteroatoms. The topological polar surface area (TPSA) is 24.9 Å². The lowest BCUT2D eigenvalue weighted by Crippen LogP contribution is -1.88. The summed E-state index contributed by atoms with van der Waals surface area (Å²) in [7, 11) is 0. The van der Waals surface area contributed by atoms with Crippen LogP contribution in [-0.4, -0.2) is 4.98 Å². The molecule has 0 radical (unpaired) electrons. The molecule has 0 aliphatic rings. The normalized spacial score (nSPS) is 10.8. The van der Waals surface area contributed by atoms with E-state index in [9.17, 15) is 0 Å².